The highest BCUT2D eigenvalue weighted by Crippen LogP contribution is 2.23. The zero-order valence-electron chi connectivity index (χ0n) is 10.4. The standard InChI is InChI=1S/C12H7N7O2/c13-4-7(5-14)6-15-10-3-8(11-16-18-19-17-11)1-2-9(10)12(20)21/h1-3,6,15H,(H,20,21)(H,16,17,18,19). The SMILES string of the molecule is N#CC(C#N)=CNc1cc(-c2nn[nH]n2)ccc1C(=O)O. The largest absolute Gasteiger partial charge is 0.478 e. The smallest absolute Gasteiger partial charge is 0.337 e. The number of aromatic carboxylic acids is 1. The van der Waals surface area contributed by atoms with Crippen molar-refractivity contribution in [2.24, 2.45) is 0 Å². The Morgan fingerprint density at radius 1 is 1.38 bits per heavy atom. The number of anilines is 1. The maximum atomic E-state index is 11.2. The topological polar surface area (TPSA) is 151 Å². The molecular weight excluding hydrogens is 274 g/mol. The molecule has 0 radical (unpaired) electrons. The first-order valence-electron chi connectivity index (χ1n) is 5.53. The number of carbonyl (C=O) groups is 1. The molecule has 0 spiro atoms. The van der Waals surface area contributed by atoms with Crippen LogP contribution < -0.4 is 5.32 Å². The van der Waals surface area contributed by atoms with E-state index in [2.05, 4.69) is 25.9 Å². The highest BCUT2D eigenvalue weighted by Gasteiger charge is 2.12. The molecule has 0 unspecified atom stereocenters. The van der Waals surface area contributed by atoms with Gasteiger partial charge in [0.1, 0.15) is 17.7 Å². The predicted molar refractivity (Wildman–Crippen MR) is 69.5 cm³/mol. The van der Waals surface area contributed by atoms with E-state index in [1.165, 1.54) is 18.2 Å². The maximum Gasteiger partial charge on any atom is 0.337 e. The number of aromatic nitrogens is 4. The van der Waals surface area contributed by atoms with Crippen molar-refractivity contribution in [1.82, 2.24) is 20.6 Å². The minimum absolute atomic E-state index is 0.0197. The van der Waals surface area contributed by atoms with Crippen LogP contribution in [0.2, 0.25) is 0 Å². The van der Waals surface area contributed by atoms with E-state index in [1.54, 1.807) is 12.1 Å². The Labute approximate surface area is 118 Å². The molecular formula is C12H7N7O2. The Kier molecular flexibility index (Phi) is 3.88. The number of tetrazole rings is 1. The number of nitriles is 2. The van der Waals surface area contributed by atoms with Crippen molar-refractivity contribution in [1.29, 1.82) is 10.5 Å². The Morgan fingerprint density at radius 2 is 2.14 bits per heavy atom. The number of carboxylic acid groups (broad SMARTS) is 1. The van der Waals surface area contributed by atoms with Crippen molar-refractivity contribution in [3.63, 3.8) is 0 Å². The van der Waals surface area contributed by atoms with E-state index in [-0.39, 0.29) is 16.8 Å². The fourth-order valence-electron chi connectivity index (χ4n) is 1.51. The summed E-state index contributed by atoms with van der Waals surface area (Å²) in [6.07, 6.45) is 1.13. The van der Waals surface area contributed by atoms with Crippen LogP contribution >= 0.6 is 0 Å². The molecule has 0 aliphatic carbocycles. The lowest BCUT2D eigenvalue weighted by Crippen LogP contribution is -2.03. The van der Waals surface area contributed by atoms with Gasteiger partial charge in [-0.05, 0) is 17.3 Å². The molecule has 9 heteroatoms. The number of H-pyrrole nitrogens is 1. The summed E-state index contributed by atoms with van der Waals surface area (Å²) in [5.74, 6) is -0.860. The molecule has 2 aromatic rings. The number of hydrogen-bond donors (Lipinski definition) is 3. The third kappa shape index (κ3) is 3.00. The van der Waals surface area contributed by atoms with Crippen LogP contribution in [0.5, 0.6) is 0 Å². The second kappa shape index (κ2) is 5.95. The van der Waals surface area contributed by atoms with Gasteiger partial charge in [-0.2, -0.15) is 15.7 Å². The van der Waals surface area contributed by atoms with Crippen LogP contribution in [-0.4, -0.2) is 31.7 Å². The average Bonchev–Trinajstić information content (AvgIpc) is 3.02. The molecule has 0 bridgehead atoms. The first kappa shape index (κ1) is 13.7. The van der Waals surface area contributed by atoms with Crippen LogP contribution in [0.25, 0.3) is 11.4 Å². The molecule has 3 N–H and O–H groups in total. The molecule has 102 valence electrons. The summed E-state index contributed by atoms with van der Waals surface area (Å²) in [7, 11) is 0. The molecule has 0 saturated heterocycles. The fourth-order valence-corrected chi connectivity index (χ4v) is 1.51. The molecule has 0 saturated carbocycles. The molecule has 0 aliphatic rings. The van der Waals surface area contributed by atoms with Crippen LogP contribution in [0.1, 0.15) is 10.4 Å². The van der Waals surface area contributed by atoms with E-state index in [9.17, 15) is 4.79 Å². The van der Waals surface area contributed by atoms with Crippen molar-refractivity contribution in [3.8, 4) is 23.5 Å². The van der Waals surface area contributed by atoms with Gasteiger partial charge in [0.05, 0.1) is 11.3 Å². The normalized spacial score (nSPS) is 9.24. The maximum absolute atomic E-state index is 11.2. The first-order chi connectivity index (χ1) is 10.2. The number of rotatable bonds is 4. The summed E-state index contributed by atoms with van der Waals surface area (Å²) in [6.45, 7) is 0. The second-order valence-corrected chi connectivity index (χ2v) is 3.73. The summed E-state index contributed by atoms with van der Waals surface area (Å²) < 4.78 is 0. The second-order valence-electron chi connectivity index (χ2n) is 3.73. The number of carboxylic acids is 1. The van der Waals surface area contributed by atoms with Crippen LogP contribution in [0.4, 0.5) is 5.69 Å². The molecule has 0 aliphatic heterocycles. The van der Waals surface area contributed by atoms with Gasteiger partial charge in [-0.3, -0.25) is 0 Å². The monoisotopic (exact) mass is 281 g/mol. The Hall–Kier alpha value is -3.72. The number of hydrogen-bond acceptors (Lipinski definition) is 7. The third-order valence-corrected chi connectivity index (χ3v) is 2.47. The molecule has 21 heavy (non-hydrogen) atoms. The minimum Gasteiger partial charge on any atom is -0.478 e. The highest BCUT2D eigenvalue weighted by atomic mass is 16.4. The molecule has 1 heterocycles. The van der Waals surface area contributed by atoms with Crippen LogP contribution in [-0.2, 0) is 0 Å². The van der Waals surface area contributed by atoms with Gasteiger partial charge in [0, 0.05) is 11.8 Å². The van der Waals surface area contributed by atoms with Gasteiger partial charge in [-0.1, -0.05) is 6.07 Å². The third-order valence-electron chi connectivity index (χ3n) is 2.47. The zero-order valence-corrected chi connectivity index (χ0v) is 10.4. The summed E-state index contributed by atoms with van der Waals surface area (Å²) in [4.78, 5) is 11.2. The molecule has 1 aromatic carbocycles. The zero-order chi connectivity index (χ0) is 15.2. The van der Waals surface area contributed by atoms with E-state index in [0.29, 0.717) is 11.4 Å². The van der Waals surface area contributed by atoms with E-state index in [0.717, 1.165) is 6.20 Å². The molecule has 2 rings (SSSR count). The Balaban J connectivity index is 2.44. The minimum atomic E-state index is -1.15. The van der Waals surface area contributed by atoms with Gasteiger partial charge in [0.15, 0.2) is 0 Å². The molecule has 1 aromatic heterocycles. The summed E-state index contributed by atoms with van der Waals surface area (Å²) >= 11 is 0. The fraction of sp³-hybridized carbons (Fsp3) is 0. The Bertz CT molecular complexity index is 765. The van der Waals surface area contributed by atoms with Gasteiger partial charge in [-0.25, -0.2) is 4.79 Å². The number of nitrogens with one attached hydrogen (secondary N) is 2. The lowest BCUT2D eigenvalue weighted by Gasteiger charge is -2.07. The molecule has 0 fully saturated rings. The van der Waals surface area contributed by atoms with Crippen LogP contribution in [0.15, 0.2) is 30.0 Å². The molecule has 0 atom stereocenters. The quantitative estimate of drug-likeness (QED) is 0.699. The van der Waals surface area contributed by atoms with Crippen molar-refractivity contribution >= 4 is 11.7 Å². The van der Waals surface area contributed by atoms with Gasteiger partial charge >= 0.3 is 5.97 Å². The number of aromatic amines is 1. The van der Waals surface area contributed by atoms with Crippen LogP contribution in [0, 0.1) is 22.7 Å². The van der Waals surface area contributed by atoms with Gasteiger partial charge in [-0.15, -0.1) is 10.2 Å². The predicted octanol–water partition coefficient (Wildman–Crippen LogP) is 0.908. The van der Waals surface area contributed by atoms with E-state index in [1.807, 2.05) is 0 Å². The number of nitrogens with zero attached hydrogens (tertiary/aromatic N) is 5. The summed E-state index contributed by atoms with van der Waals surface area (Å²) in [5.41, 5.74) is 0.526. The number of benzene rings is 1. The van der Waals surface area contributed by atoms with Crippen molar-refractivity contribution in [3.05, 3.63) is 35.5 Å². The van der Waals surface area contributed by atoms with Gasteiger partial charge < -0.3 is 10.4 Å². The van der Waals surface area contributed by atoms with E-state index < -0.39 is 5.97 Å². The summed E-state index contributed by atoms with van der Waals surface area (Å²) in [5, 5.41) is 42.3. The average molecular weight is 281 g/mol. The van der Waals surface area contributed by atoms with Crippen LogP contribution in [0.3, 0.4) is 0 Å². The van der Waals surface area contributed by atoms with Crippen molar-refractivity contribution < 1.29 is 9.90 Å². The van der Waals surface area contributed by atoms with E-state index >= 15 is 0 Å². The lowest BCUT2D eigenvalue weighted by molar-refractivity contribution is 0.0698. The number of allylic oxidation sites excluding steroid dienone is 1. The first-order valence-corrected chi connectivity index (χ1v) is 5.53. The van der Waals surface area contributed by atoms with Gasteiger partial charge in [0.25, 0.3) is 0 Å². The summed E-state index contributed by atoms with van der Waals surface area (Å²) in [6, 6.07) is 7.70. The van der Waals surface area contributed by atoms with Crippen molar-refractivity contribution in [2.45, 2.75) is 0 Å². The lowest BCUT2D eigenvalue weighted by atomic mass is 10.1. The molecule has 9 nitrogen and oxygen atoms in total. The highest BCUT2D eigenvalue weighted by molar-refractivity contribution is 5.95. The van der Waals surface area contributed by atoms with Crippen molar-refractivity contribution in [2.75, 3.05) is 5.32 Å². The van der Waals surface area contributed by atoms with Gasteiger partial charge in [0.2, 0.25) is 5.82 Å². The molecule has 0 amide bonds. The van der Waals surface area contributed by atoms with E-state index in [4.69, 9.17) is 15.6 Å². The Morgan fingerprint density at radius 3 is 2.71 bits per heavy atom.